The molecule has 35 heavy (non-hydrogen) atoms. The monoisotopic (exact) mass is 486 g/mol. The first-order chi connectivity index (χ1) is 16.8. The summed E-state index contributed by atoms with van der Waals surface area (Å²) in [6.45, 7) is 17.2. The van der Waals surface area contributed by atoms with Crippen LogP contribution >= 0.6 is 0 Å². The van der Waals surface area contributed by atoms with Gasteiger partial charge in [0.05, 0.1) is 0 Å². The van der Waals surface area contributed by atoms with Crippen LogP contribution in [0.5, 0.6) is 0 Å². The third kappa shape index (κ3) is 7.53. The molecule has 2 saturated carbocycles. The molecule has 5 heteroatoms. The molecule has 2 aliphatic heterocycles. The molecule has 1 atom stereocenters. The summed E-state index contributed by atoms with van der Waals surface area (Å²) in [5.74, 6) is 3.33. The smallest absolute Gasteiger partial charge is 0.231 e. The zero-order valence-corrected chi connectivity index (χ0v) is 23.4. The van der Waals surface area contributed by atoms with Crippen molar-refractivity contribution in [2.45, 2.75) is 111 Å². The van der Waals surface area contributed by atoms with E-state index in [9.17, 15) is 4.79 Å². The lowest BCUT2D eigenvalue weighted by Gasteiger charge is -2.42. The summed E-state index contributed by atoms with van der Waals surface area (Å²) in [6.07, 6.45) is 15.0. The first kappa shape index (κ1) is 27.1. The maximum absolute atomic E-state index is 13.9. The number of carbonyl (C=O) groups excluding carboxylic acids is 1. The van der Waals surface area contributed by atoms with E-state index in [0.29, 0.717) is 11.3 Å². The number of amides is 1. The number of nitrogens with zero attached hydrogens (tertiary/aromatic N) is 4. The number of amidine groups is 1. The summed E-state index contributed by atoms with van der Waals surface area (Å²) < 4.78 is 0. The molecule has 200 valence electrons. The summed E-state index contributed by atoms with van der Waals surface area (Å²) in [5, 5.41) is 0. The lowest BCUT2D eigenvalue weighted by molar-refractivity contribution is -0.135. The van der Waals surface area contributed by atoms with Crippen molar-refractivity contribution in [3.8, 4) is 0 Å². The van der Waals surface area contributed by atoms with Crippen molar-refractivity contribution in [2.24, 2.45) is 28.2 Å². The van der Waals surface area contributed by atoms with E-state index in [0.717, 1.165) is 63.1 Å². The van der Waals surface area contributed by atoms with E-state index in [1.165, 1.54) is 77.4 Å². The second-order valence-electron chi connectivity index (χ2n) is 13.3. The Morgan fingerprint density at radius 2 is 1.57 bits per heavy atom. The largest absolute Gasteiger partial charge is 0.301 e. The van der Waals surface area contributed by atoms with Gasteiger partial charge < -0.3 is 4.90 Å². The molecule has 0 N–H and O–H groups in total. The predicted octanol–water partition coefficient (Wildman–Crippen LogP) is 5.84. The average molecular weight is 487 g/mol. The van der Waals surface area contributed by atoms with Crippen molar-refractivity contribution in [3.05, 3.63) is 0 Å². The SMILES string of the molecule is CC(CN1CCN(CC2CCCCC2)CC1)N(C(=O)C1CCC(C(C)(C)C)CC1)C1=NCCCC1. The van der Waals surface area contributed by atoms with Gasteiger partial charge in [-0.3, -0.25) is 19.6 Å². The number of hydrogen-bond donors (Lipinski definition) is 0. The normalized spacial score (nSPS) is 29.0. The molecule has 4 aliphatic rings. The highest BCUT2D eigenvalue weighted by molar-refractivity contribution is 5.99. The second kappa shape index (κ2) is 12.5. The lowest BCUT2D eigenvalue weighted by atomic mass is 9.69. The fourth-order valence-electron chi connectivity index (χ4n) is 7.23. The predicted molar refractivity (Wildman–Crippen MR) is 147 cm³/mol. The molecule has 2 aliphatic carbocycles. The van der Waals surface area contributed by atoms with Crippen LogP contribution in [0.3, 0.4) is 0 Å². The molecule has 5 nitrogen and oxygen atoms in total. The van der Waals surface area contributed by atoms with Crippen molar-refractivity contribution in [3.63, 3.8) is 0 Å². The van der Waals surface area contributed by atoms with E-state index in [1.54, 1.807) is 0 Å². The third-order valence-electron chi connectivity index (χ3n) is 9.59. The average Bonchev–Trinajstić information content (AvgIpc) is 2.86. The van der Waals surface area contributed by atoms with Gasteiger partial charge in [-0.25, -0.2) is 0 Å². The Balaban J connectivity index is 1.32. The standard InChI is InChI=1S/C30H54N4O/c1-24(22-32-18-20-33(21-19-32)23-25-10-6-5-7-11-25)34(28-12-8-9-17-31-28)29(35)26-13-15-27(16-14-26)30(2,3)4/h24-27H,5-23H2,1-4H3. The zero-order valence-electron chi connectivity index (χ0n) is 23.4. The third-order valence-corrected chi connectivity index (χ3v) is 9.59. The van der Waals surface area contributed by atoms with E-state index in [-0.39, 0.29) is 12.0 Å². The van der Waals surface area contributed by atoms with Gasteiger partial charge in [0.1, 0.15) is 5.84 Å². The quantitative estimate of drug-likeness (QED) is 0.474. The Hall–Kier alpha value is -0.940. The molecular weight excluding hydrogens is 432 g/mol. The molecule has 0 aromatic rings. The van der Waals surface area contributed by atoms with Crippen LogP contribution in [0.25, 0.3) is 0 Å². The van der Waals surface area contributed by atoms with Crippen LogP contribution < -0.4 is 0 Å². The summed E-state index contributed by atoms with van der Waals surface area (Å²) in [5.41, 5.74) is 0.355. The number of aliphatic imine (C=N–C) groups is 1. The number of rotatable bonds is 6. The fourth-order valence-corrected chi connectivity index (χ4v) is 7.23. The van der Waals surface area contributed by atoms with Gasteiger partial charge in [-0.1, -0.05) is 40.0 Å². The highest BCUT2D eigenvalue weighted by Gasteiger charge is 2.37. The first-order valence-electron chi connectivity index (χ1n) is 15.1. The highest BCUT2D eigenvalue weighted by atomic mass is 16.2. The van der Waals surface area contributed by atoms with Crippen LogP contribution in [-0.4, -0.2) is 78.3 Å². The van der Waals surface area contributed by atoms with Crippen LogP contribution in [0, 0.1) is 23.2 Å². The summed E-state index contributed by atoms with van der Waals surface area (Å²) >= 11 is 0. The van der Waals surface area contributed by atoms with Gasteiger partial charge in [-0.15, -0.1) is 0 Å². The Bertz CT molecular complexity index is 692. The molecule has 3 fully saturated rings. The number of carbonyl (C=O) groups is 1. The Kier molecular flexibility index (Phi) is 9.71. The number of piperazine rings is 1. The molecule has 1 saturated heterocycles. The topological polar surface area (TPSA) is 39.1 Å². The molecule has 0 aromatic heterocycles. The van der Waals surface area contributed by atoms with Gasteiger partial charge in [0.15, 0.2) is 0 Å². The van der Waals surface area contributed by atoms with E-state index >= 15 is 0 Å². The van der Waals surface area contributed by atoms with Crippen LogP contribution in [0.2, 0.25) is 0 Å². The minimum Gasteiger partial charge on any atom is -0.301 e. The van der Waals surface area contributed by atoms with Crippen molar-refractivity contribution in [1.82, 2.24) is 14.7 Å². The van der Waals surface area contributed by atoms with Crippen molar-refractivity contribution in [1.29, 1.82) is 0 Å². The van der Waals surface area contributed by atoms with Gasteiger partial charge in [0.2, 0.25) is 5.91 Å². The molecule has 2 heterocycles. The summed E-state index contributed by atoms with van der Waals surface area (Å²) in [6, 6.07) is 0.213. The lowest BCUT2D eigenvalue weighted by Crippen LogP contribution is -2.55. The van der Waals surface area contributed by atoms with Gasteiger partial charge in [-0.2, -0.15) is 0 Å². The van der Waals surface area contributed by atoms with E-state index < -0.39 is 0 Å². The molecular formula is C30H54N4O. The Morgan fingerprint density at radius 3 is 2.17 bits per heavy atom. The first-order valence-corrected chi connectivity index (χ1v) is 15.1. The minimum absolute atomic E-state index is 0.188. The molecule has 1 unspecified atom stereocenters. The number of hydrogen-bond acceptors (Lipinski definition) is 4. The van der Waals surface area contributed by atoms with Crippen LogP contribution in [0.1, 0.15) is 105 Å². The van der Waals surface area contributed by atoms with E-state index in [2.05, 4.69) is 42.4 Å². The van der Waals surface area contributed by atoms with Crippen molar-refractivity contribution in [2.75, 3.05) is 45.8 Å². The van der Waals surface area contributed by atoms with Gasteiger partial charge in [0.25, 0.3) is 0 Å². The highest BCUT2D eigenvalue weighted by Crippen LogP contribution is 2.40. The molecule has 0 aromatic carbocycles. The Labute approximate surface area is 216 Å². The molecule has 0 radical (unpaired) electrons. The van der Waals surface area contributed by atoms with Gasteiger partial charge in [-0.05, 0) is 75.5 Å². The fraction of sp³-hybridized carbons (Fsp3) is 0.933. The minimum atomic E-state index is 0.188. The summed E-state index contributed by atoms with van der Waals surface area (Å²) in [4.78, 5) is 26.3. The maximum Gasteiger partial charge on any atom is 0.231 e. The van der Waals surface area contributed by atoms with Crippen LogP contribution in [0.15, 0.2) is 4.99 Å². The zero-order chi connectivity index (χ0) is 24.8. The second-order valence-corrected chi connectivity index (χ2v) is 13.3. The van der Waals surface area contributed by atoms with Gasteiger partial charge >= 0.3 is 0 Å². The van der Waals surface area contributed by atoms with E-state index in [4.69, 9.17) is 4.99 Å². The van der Waals surface area contributed by atoms with E-state index in [1.807, 2.05) is 0 Å². The maximum atomic E-state index is 13.9. The van der Waals surface area contributed by atoms with Crippen molar-refractivity contribution >= 4 is 11.7 Å². The van der Waals surface area contributed by atoms with Crippen LogP contribution in [-0.2, 0) is 4.79 Å². The molecule has 4 rings (SSSR count). The van der Waals surface area contributed by atoms with Gasteiger partial charge in [0, 0.05) is 64.2 Å². The van der Waals surface area contributed by atoms with Crippen LogP contribution in [0.4, 0.5) is 0 Å². The molecule has 1 amide bonds. The Morgan fingerprint density at radius 1 is 0.914 bits per heavy atom. The van der Waals surface area contributed by atoms with Crippen molar-refractivity contribution < 1.29 is 4.79 Å². The molecule has 0 spiro atoms. The molecule has 0 bridgehead atoms. The summed E-state index contributed by atoms with van der Waals surface area (Å²) in [7, 11) is 0.